The molecule has 0 aliphatic carbocycles. The molecule has 0 heterocycles. The molecule has 0 aromatic heterocycles. The highest BCUT2D eigenvalue weighted by Gasteiger charge is 2.18. The number of hydrogen-bond donors (Lipinski definition) is 2. The molecule has 0 fully saturated rings. The SMILES string of the molecule is CC(NS(N)(=O)=O)c1c(F)cccc1F. The van der Waals surface area contributed by atoms with Gasteiger partial charge in [-0.1, -0.05) is 6.07 Å². The first-order valence-electron chi connectivity index (χ1n) is 4.05. The van der Waals surface area contributed by atoms with Gasteiger partial charge in [0.1, 0.15) is 11.6 Å². The molecule has 0 radical (unpaired) electrons. The van der Waals surface area contributed by atoms with Crippen LogP contribution in [-0.4, -0.2) is 8.42 Å². The van der Waals surface area contributed by atoms with Gasteiger partial charge in [0.15, 0.2) is 0 Å². The van der Waals surface area contributed by atoms with Crippen molar-refractivity contribution in [2.75, 3.05) is 0 Å². The third-order valence-electron chi connectivity index (χ3n) is 1.77. The third-order valence-corrected chi connectivity index (χ3v) is 2.46. The minimum atomic E-state index is -3.99. The van der Waals surface area contributed by atoms with Gasteiger partial charge in [-0.05, 0) is 19.1 Å². The van der Waals surface area contributed by atoms with Crippen LogP contribution in [0.2, 0.25) is 0 Å². The zero-order valence-electron chi connectivity index (χ0n) is 7.87. The van der Waals surface area contributed by atoms with E-state index in [-0.39, 0.29) is 5.56 Å². The maximum absolute atomic E-state index is 13.2. The topological polar surface area (TPSA) is 72.2 Å². The highest BCUT2D eigenvalue weighted by molar-refractivity contribution is 7.87. The molecular formula is C8H10F2N2O2S. The van der Waals surface area contributed by atoms with Crippen molar-refractivity contribution in [2.45, 2.75) is 13.0 Å². The van der Waals surface area contributed by atoms with E-state index in [4.69, 9.17) is 5.14 Å². The fourth-order valence-electron chi connectivity index (χ4n) is 1.23. The van der Waals surface area contributed by atoms with Crippen LogP contribution in [0.4, 0.5) is 8.78 Å². The van der Waals surface area contributed by atoms with Crippen LogP contribution in [0.1, 0.15) is 18.5 Å². The van der Waals surface area contributed by atoms with Crippen molar-refractivity contribution in [3.63, 3.8) is 0 Å². The van der Waals surface area contributed by atoms with Crippen molar-refractivity contribution in [3.8, 4) is 0 Å². The van der Waals surface area contributed by atoms with Crippen molar-refractivity contribution >= 4 is 10.2 Å². The first-order chi connectivity index (χ1) is 6.81. The molecule has 0 saturated heterocycles. The molecule has 0 amide bonds. The summed E-state index contributed by atoms with van der Waals surface area (Å²) in [5.41, 5.74) is -0.355. The lowest BCUT2D eigenvalue weighted by Gasteiger charge is -2.13. The van der Waals surface area contributed by atoms with Crippen LogP contribution < -0.4 is 9.86 Å². The number of benzene rings is 1. The van der Waals surface area contributed by atoms with E-state index in [1.807, 2.05) is 4.72 Å². The second-order valence-corrected chi connectivity index (χ2v) is 4.35. The Morgan fingerprint density at radius 1 is 1.33 bits per heavy atom. The molecule has 1 aromatic rings. The monoisotopic (exact) mass is 236 g/mol. The Morgan fingerprint density at radius 2 is 1.80 bits per heavy atom. The molecule has 0 bridgehead atoms. The van der Waals surface area contributed by atoms with E-state index in [0.29, 0.717) is 0 Å². The molecule has 7 heteroatoms. The number of halogens is 2. The Hall–Kier alpha value is -1.05. The third kappa shape index (κ3) is 3.22. The van der Waals surface area contributed by atoms with Crippen molar-refractivity contribution in [2.24, 2.45) is 5.14 Å². The van der Waals surface area contributed by atoms with E-state index in [1.54, 1.807) is 0 Å². The number of rotatable bonds is 3. The van der Waals surface area contributed by atoms with E-state index >= 15 is 0 Å². The molecule has 0 aliphatic heterocycles. The summed E-state index contributed by atoms with van der Waals surface area (Å²) in [4.78, 5) is 0. The van der Waals surface area contributed by atoms with Gasteiger partial charge in [-0.3, -0.25) is 0 Å². The molecule has 1 rings (SSSR count). The first kappa shape index (κ1) is 12.0. The van der Waals surface area contributed by atoms with Gasteiger partial charge < -0.3 is 0 Å². The van der Waals surface area contributed by atoms with E-state index in [0.717, 1.165) is 12.1 Å². The molecule has 0 saturated carbocycles. The number of nitrogens with two attached hydrogens (primary N) is 1. The van der Waals surface area contributed by atoms with Gasteiger partial charge in [0.2, 0.25) is 0 Å². The molecule has 1 unspecified atom stereocenters. The summed E-state index contributed by atoms with van der Waals surface area (Å²) in [6, 6.07) is 2.22. The summed E-state index contributed by atoms with van der Waals surface area (Å²) in [7, 11) is -3.99. The van der Waals surface area contributed by atoms with Gasteiger partial charge >= 0.3 is 0 Å². The minimum absolute atomic E-state index is 0.355. The number of nitrogens with one attached hydrogen (secondary N) is 1. The summed E-state index contributed by atoms with van der Waals surface area (Å²) in [5.74, 6) is -1.64. The molecule has 15 heavy (non-hydrogen) atoms. The van der Waals surface area contributed by atoms with E-state index in [2.05, 4.69) is 0 Å². The summed E-state index contributed by atoms with van der Waals surface area (Å²) in [5, 5.41) is 4.69. The van der Waals surface area contributed by atoms with Crippen LogP contribution in [0.3, 0.4) is 0 Å². The zero-order valence-corrected chi connectivity index (χ0v) is 8.68. The van der Waals surface area contributed by atoms with E-state index in [9.17, 15) is 17.2 Å². The molecule has 3 N–H and O–H groups in total. The van der Waals surface area contributed by atoms with Crippen molar-refractivity contribution in [1.82, 2.24) is 4.72 Å². The van der Waals surface area contributed by atoms with Crippen LogP contribution in [0, 0.1) is 11.6 Å². The van der Waals surface area contributed by atoms with Gasteiger partial charge in [0.05, 0.1) is 6.04 Å². The van der Waals surface area contributed by atoms with Crippen LogP contribution in [0.25, 0.3) is 0 Å². The summed E-state index contributed by atoms with van der Waals surface area (Å²) in [6.07, 6.45) is 0. The van der Waals surface area contributed by atoms with E-state index < -0.39 is 27.9 Å². The second-order valence-electron chi connectivity index (χ2n) is 3.02. The normalized spacial score (nSPS) is 13.9. The second kappa shape index (κ2) is 4.21. The fraction of sp³-hybridized carbons (Fsp3) is 0.250. The van der Waals surface area contributed by atoms with E-state index in [1.165, 1.54) is 13.0 Å². The molecular weight excluding hydrogens is 226 g/mol. The molecule has 0 spiro atoms. The lowest BCUT2D eigenvalue weighted by molar-refractivity contribution is 0.515. The fourth-order valence-corrected chi connectivity index (χ4v) is 1.84. The molecule has 1 atom stereocenters. The van der Waals surface area contributed by atoms with Crippen LogP contribution in [0.15, 0.2) is 18.2 Å². The minimum Gasteiger partial charge on any atom is -0.216 e. The average molecular weight is 236 g/mol. The lowest BCUT2D eigenvalue weighted by atomic mass is 10.1. The maximum atomic E-state index is 13.2. The van der Waals surface area contributed by atoms with Crippen molar-refractivity contribution in [1.29, 1.82) is 0 Å². The highest BCUT2D eigenvalue weighted by atomic mass is 32.2. The molecule has 4 nitrogen and oxygen atoms in total. The Kier molecular flexibility index (Phi) is 3.38. The van der Waals surface area contributed by atoms with Crippen molar-refractivity contribution < 1.29 is 17.2 Å². The largest absolute Gasteiger partial charge is 0.274 e. The van der Waals surface area contributed by atoms with Crippen LogP contribution in [-0.2, 0) is 10.2 Å². The Bertz CT molecular complexity index is 441. The zero-order chi connectivity index (χ0) is 11.6. The average Bonchev–Trinajstić information content (AvgIpc) is 1.99. The first-order valence-corrected chi connectivity index (χ1v) is 5.60. The Balaban J connectivity index is 3.06. The van der Waals surface area contributed by atoms with Crippen LogP contribution >= 0.6 is 0 Å². The Labute approximate surface area is 86.3 Å². The molecule has 0 aliphatic rings. The standard InChI is InChI=1S/C8H10F2N2O2S/c1-5(12-15(11,13)14)8-6(9)3-2-4-7(8)10/h2-5,12H,1H3,(H2,11,13,14). The Morgan fingerprint density at radius 3 is 2.20 bits per heavy atom. The van der Waals surface area contributed by atoms with Crippen molar-refractivity contribution in [3.05, 3.63) is 35.4 Å². The predicted molar refractivity (Wildman–Crippen MR) is 51.0 cm³/mol. The lowest BCUT2D eigenvalue weighted by Crippen LogP contribution is -2.33. The summed E-state index contributed by atoms with van der Waals surface area (Å²) in [6.45, 7) is 1.30. The van der Waals surface area contributed by atoms with Gasteiger partial charge in [-0.25, -0.2) is 13.9 Å². The summed E-state index contributed by atoms with van der Waals surface area (Å²) < 4.78 is 49.5. The van der Waals surface area contributed by atoms with Gasteiger partial charge in [0.25, 0.3) is 10.2 Å². The van der Waals surface area contributed by atoms with Crippen LogP contribution in [0.5, 0.6) is 0 Å². The predicted octanol–water partition coefficient (Wildman–Crippen LogP) is 0.819. The maximum Gasteiger partial charge on any atom is 0.274 e. The van der Waals surface area contributed by atoms with Gasteiger partial charge in [-0.2, -0.15) is 13.1 Å². The summed E-state index contributed by atoms with van der Waals surface area (Å²) >= 11 is 0. The highest BCUT2D eigenvalue weighted by Crippen LogP contribution is 2.20. The molecule has 1 aromatic carbocycles. The van der Waals surface area contributed by atoms with Gasteiger partial charge in [-0.15, -0.1) is 0 Å². The smallest absolute Gasteiger partial charge is 0.216 e. The molecule has 84 valence electrons. The number of hydrogen-bond acceptors (Lipinski definition) is 2. The van der Waals surface area contributed by atoms with Gasteiger partial charge in [0, 0.05) is 5.56 Å². The quantitative estimate of drug-likeness (QED) is 0.815.